The summed E-state index contributed by atoms with van der Waals surface area (Å²) >= 11 is 0. The van der Waals surface area contributed by atoms with Gasteiger partial charge in [0.1, 0.15) is 0 Å². The lowest BCUT2D eigenvalue weighted by Gasteiger charge is -2.29. The highest BCUT2D eigenvalue weighted by atomic mass is 31.2. The average molecular weight is 284 g/mol. The van der Waals surface area contributed by atoms with Gasteiger partial charge in [0.05, 0.1) is 6.61 Å². The molecule has 0 aromatic heterocycles. The maximum Gasteiger partial charge on any atom is 0.455 e. The van der Waals surface area contributed by atoms with E-state index in [0.717, 1.165) is 6.42 Å². The van der Waals surface area contributed by atoms with Crippen LogP contribution in [0.1, 0.15) is 13.3 Å². The van der Waals surface area contributed by atoms with Crippen molar-refractivity contribution in [1.29, 1.82) is 0 Å². The maximum atomic E-state index is 12.4. The van der Waals surface area contributed by atoms with Gasteiger partial charge in [-0.25, -0.2) is 4.57 Å². The van der Waals surface area contributed by atoms with Crippen LogP contribution in [0.15, 0.2) is 0 Å². The van der Waals surface area contributed by atoms with Crippen molar-refractivity contribution in [3.63, 3.8) is 0 Å². The molecule has 0 bridgehead atoms. The smallest absolute Gasteiger partial charge is 0.331 e. The molecule has 0 saturated heterocycles. The highest BCUT2D eigenvalue weighted by Gasteiger charge is 2.37. The zero-order chi connectivity index (χ0) is 13.0. The summed E-state index contributed by atoms with van der Waals surface area (Å²) in [6, 6.07) is 0. The molecule has 98 valence electrons. The Bertz CT molecular complexity index is 237. The van der Waals surface area contributed by atoms with Crippen molar-refractivity contribution >= 4 is 24.5 Å². The minimum Gasteiger partial charge on any atom is -0.331 e. The average Bonchev–Trinajstić information content (AvgIpc) is 1.93. The summed E-state index contributed by atoms with van der Waals surface area (Å²) in [5.41, 5.74) is 0. The van der Waals surface area contributed by atoms with Crippen LogP contribution in [-0.4, -0.2) is 23.2 Å². The van der Waals surface area contributed by atoms with E-state index in [2.05, 4.69) is 0 Å². The van der Waals surface area contributed by atoms with Crippen LogP contribution in [0.4, 0.5) is 0 Å². The van der Waals surface area contributed by atoms with Crippen molar-refractivity contribution in [3.8, 4) is 0 Å². The molecule has 0 aliphatic carbocycles. The van der Waals surface area contributed by atoms with Crippen LogP contribution in [0, 0.1) is 0 Å². The Kier molecular flexibility index (Phi) is 6.13. The molecule has 0 amide bonds. The van der Waals surface area contributed by atoms with Gasteiger partial charge >= 0.3 is 7.82 Å². The lowest BCUT2D eigenvalue weighted by Crippen LogP contribution is -2.30. The van der Waals surface area contributed by atoms with Gasteiger partial charge in [-0.1, -0.05) is 6.92 Å². The number of phosphoric acid groups is 1. The second-order valence-electron chi connectivity index (χ2n) is 5.69. The summed E-state index contributed by atoms with van der Waals surface area (Å²) in [7, 11) is -7.22. The Labute approximate surface area is 102 Å². The van der Waals surface area contributed by atoms with Crippen molar-refractivity contribution in [2.24, 2.45) is 0 Å². The molecule has 0 rings (SSSR count). The fraction of sp³-hybridized carbons (Fsp3) is 1.00. The molecule has 0 N–H and O–H groups in total. The Morgan fingerprint density at radius 3 is 1.56 bits per heavy atom. The summed E-state index contributed by atoms with van der Waals surface area (Å²) in [5.74, 6) is 0. The highest BCUT2D eigenvalue weighted by Crippen LogP contribution is 2.53. The Hall–Kier alpha value is 0.544. The molecule has 4 nitrogen and oxygen atoms in total. The fourth-order valence-electron chi connectivity index (χ4n) is 0.945. The first kappa shape index (κ1) is 16.5. The van der Waals surface area contributed by atoms with Gasteiger partial charge in [-0.3, -0.25) is 4.52 Å². The van der Waals surface area contributed by atoms with Crippen molar-refractivity contribution < 1.29 is 17.5 Å². The second-order valence-corrected chi connectivity index (χ2v) is 16.8. The SMILES string of the molecule is CCCOP(=O)(O[Si](C)(C)C)O[Si](C)(C)C. The van der Waals surface area contributed by atoms with E-state index < -0.39 is 24.5 Å². The first-order valence-corrected chi connectivity index (χ1v) is 13.9. The largest absolute Gasteiger partial charge is 0.455 e. The molecular formula is C9H25O4PSi2. The Morgan fingerprint density at radius 2 is 1.31 bits per heavy atom. The van der Waals surface area contributed by atoms with Crippen LogP contribution in [0.3, 0.4) is 0 Å². The van der Waals surface area contributed by atoms with Crippen LogP contribution >= 0.6 is 7.82 Å². The number of hydrogen-bond donors (Lipinski definition) is 0. The van der Waals surface area contributed by atoms with E-state index in [1.165, 1.54) is 0 Å². The summed E-state index contributed by atoms with van der Waals surface area (Å²) in [5, 5.41) is 0. The lowest BCUT2D eigenvalue weighted by atomic mass is 10.5. The molecule has 0 saturated carbocycles. The van der Waals surface area contributed by atoms with Crippen molar-refractivity contribution in [2.75, 3.05) is 6.61 Å². The standard InChI is InChI=1S/C9H25O4PSi2/c1-8-9-11-14(10,12-15(2,3)4)13-16(5,6)7/h8-9H2,1-7H3. The molecule has 0 unspecified atom stereocenters. The molecule has 0 atom stereocenters. The van der Waals surface area contributed by atoms with E-state index in [0.29, 0.717) is 6.61 Å². The van der Waals surface area contributed by atoms with E-state index in [4.69, 9.17) is 12.9 Å². The predicted molar refractivity (Wildman–Crippen MR) is 72.7 cm³/mol. The zero-order valence-electron chi connectivity index (χ0n) is 11.5. The molecule has 0 heterocycles. The van der Waals surface area contributed by atoms with Crippen LogP contribution in [0.2, 0.25) is 39.3 Å². The number of rotatable bonds is 7. The van der Waals surface area contributed by atoms with Gasteiger partial charge in [0, 0.05) is 0 Å². The molecule has 16 heavy (non-hydrogen) atoms. The predicted octanol–water partition coefficient (Wildman–Crippen LogP) is 4.22. The summed E-state index contributed by atoms with van der Waals surface area (Å²) in [4.78, 5) is 0. The van der Waals surface area contributed by atoms with Gasteiger partial charge in [-0.2, -0.15) is 0 Å². The van der Waals surface area contributed by atoms with Gasteiger partial charge in [0.25, 0.3) is 0 Å². The first-order valence-electron chi connectivity index (χ1n) is 5.63. The third-order valence-corrected chi connectivity index (χ3v) is 7.89. The van der Waals surface area contributed by atoms with Gasteiger partial charge in [-0.15, -0.1) is 0 Å². The number of hydrogen-bond acceptors (Lipinski definition) is 4. The molecule has 7 heteroatoms. The van der Waals surface area contributed by atoms with Crippen LogP contribution in [-0.2, 0) is 17.5 Å². The zero-order valence-corrected chi connectivity index (χ0v) is 14.4. The van der Waals surface area contributed by atoms with Gasteiger partial charge in [-0.05, 0) is 45.7 Å². The monoisotopic (exact) mass is 284 g/mol. The Morgan fingerprint density at radius 1 is 0.938 bits per heavy atom. The lowest BCUT2D eigenvalue weighted by molar-refractivity contribution is 0.206. The topological polar surface area (TPSA) is 44.8 Å². The third-order valence-electron chi connectivity index (χ3n) is 1.22. The van der Waals surface area contributed by atoms with Crippen LogP contribution in [0.25, 0.3) is 0 Å². The maximum absolute atomic E-state index is 12.4. The Balaban J connectivity index is 4.69. The highest BCUT2D eigenvalue weighted by molar-refractivity contribution is 7.52. The van der Waals surface area contributed by atoms with E-state index in [9.17, 15) is 4.57 Å². The quantitative estimate of drug-likeness (QED) is 0.518. The van der Waals surface area contributed by atoms with Crippen molar-refractivity contribution in [3.05, 3.63) is 0 Å². The molecule has 0 aliphatic rings. The molecule has 0 radical (unpaired) electrons. The van der Waals surface area contributed by atoms with E-state index in [-0.39, 0.29) is 0 Å². The van der Waals surface area contributed by atoms with E-state index in [1.807, 2.05) is 46.2 Å². The van der Waals surface area contributed by atoms with Crippen LogP contribution in [0.5, 0.6) is 0 Å². The van der Waals surface area contributed by atoms with Crippen molar-refractivity contribution in [2.45, 2.75) is 52.6 Å². The fourth-order valence-corrected chi connectivity index (χ4v) is 7.62. The molecule has 0 aromatic carbocycles. The van der Waals surface area contributed by atoms with Crippen LogP contribution < -0.4 is 0 Å². The summed E-state index contributed by atoms with van der Waals surface area (Å²) < 4.78 is 28.9. The summed E-state index contributed by atoms with van der Waals surface area (Å²) in [6.45, 7) is 14.2. The summed E-state index contributed by atoms with van der Waals surface area (Å²) in [6.07, 6.45) is 0.800. The minimum absolute atomic E-state index is 0.409. The molecule has 0 aromatic rings. The minimum atomic E-state index is -3.36. The third kappa shape index (κ3) is 8.67. The van der Waals surface area contributed by atoms with E-state index >= 15 is 0 Å². The molecule has 0 fully saturated rings. The normalized spacial score (nSPS) is 14.2. The second kappa shape index (κ2) is 5.93. The van der Waals surface area contributed by atoms with Gasteiger partial charge < -0.3 is 8.43 Å². The van der Waals surface area contributed by atoms with Gasteiger partial charge in [0.2, 0.25) is 0 Å². The molecular weight excluding hydrogens is 259 g/mol. The van der Waals surface area contributed by atoms with Gasteiger partial charge in [0.15, 0.2) is 16.6 Å². The first-order chi connectivity index (χ1) is 6.97. The molecule has 0 aliphatic heterocycles. The molecule has 0 spiro atoms. The van der Waals surface area contributed by atoms with Crippen molar-refractivity contribution in [1.82, 2.24) is 0 Å². The van der Waals surface area contributed by atoms with E-state index in [1.54, 1.807) is 0 Å².